The van der Waals surface area contributed by atoms with E-state index in [-0.39, 0.29) is 64.9 Å². The van der Waals surface area contributed by atoms with Crippen LogP contribution in [-0.2, 0) is 0 Å². The molecule has 0 spiro atoms. The summed E-state index contributed by atoms with van der Waals surface area (Å²) in [6.45, 7) is 0. The molecule has 0 heterocycles. The van der Waals surface area contributed by atoms with Gasteiger partial charge in [-0.2, -0.15) is 0 Å². The minimum absolute atomic E-state index is 0. The van der Waals surface area contributed by atoms with Crippen LogP contribution in [0.5, 0.6) is 0 Å². The van der Waals surface area contributed by atoms with Crippen molar-refractivity contribution in [1.82, 2.24) is 0 Å². The Morgan fingerprint density at radius 3 is 1.01 bits per heavy atom. The van der Waals surface area contributed by atoms with Gasteiger partial charge >= 0.3 is 51.4 Å². The largest absolute Gasteiger partial charge is 1.00 e. The van der Waals surface area contributed by atoms with Crippen LogP contribution in [0.1, 0.15) is 8.85 Å². The minimum atomic E-state index is 0. The molecular formula is C105H77ClFKN2. The summed E-state index contributed by atoms with van der Waals surface area (Å²) in [7, 11) is 0. The second kappa shape index (κ2) is 33.2. The van der Waals surface area contributed by atoms with Crippen molar-refractivity contribution in [2.24, 2.45) is 0 Å². The van der Waals surface area contributed by atoms with E-state index < -0.39 is 0 Å². The van der Waals surface area contributed by atoms with E-state index in [0.29, 0.717) is 0 Å². The molecule has 0 unspecified atom stereocenters. The second-order valence-electron chi connectivity index (χ2n) is 27.1. The Morgan fingerprint density at radius 1 is 0.227 bits per heavy atom. The molecule has 0 radical (unpaired) electrons. The zero-order chi connectivity index (χ0) is 71.4. The first-order valence-corrected chi connectivity index (χ1v) is 36.9. The number of fused-ring (bicyclic) bond motifs is 10. The summed E-state index contributed by atoms with van der Waals surface area (Å²) >= 11 is 6.36. The number of nitrogens with one attached hydrogen (secondary N) is 1. The van der Waals surface area contributed by atoms with Crippen LogP contribution in [0.2, 0.25) is 5.02 Å². The van der Waals surface area contributed by atoms with E-state index in [4.69, 9.17) is 11.6 Å². The number of hydrogen-bond acceptors (Lipinski definition) is 2. The van der Waals surface area contributed by atoms with Gasteiger partial charge in [-0.1, -0.05) is 383 Å². The third kappa shape index (κ3) is 14.5. The molecule has 0 aliphatic rings. The van der Waals surface area contributed by atoms with Crippen LogP contribution < -0.4 is 61.6 Å². The standard InChI is InChI=1S/C52H35N.C26H17Cl.C26H19N.CH4.FH.K.H/c1-2-17-39(18-3-1)51-48-27-10-8-25-46(48)47-26-9-11-28-49(47)52(51)40-21-12-22-42(35-40)53(50-30-14-20-37-16-5-7-24-45(37)50)41-33-31-38(32-34-41)44-29-13-19-36-15-4-6-23-43(36)44;27-20-12-8-11-19(17-20)26-24-16-7-5-14-22(24)21-13-4-6-15-23(21)25(26)18-9-2-1-3-10-18;1-3-11-23-19(7-1)9-5-13-24(23)21-15-17-22(18-16-21)27-26-14-6-10-20-8-2-4-12-25(20)26;;;;/h1-35H;1-17H;1-18,27H;1H4;1H;;/q;;;;;+1;-1. The quantitative estimate of drug-likeness (QED) is 0.103. The Kier molecular flexibility index (Phi) is 22.2. The Hall–Kier alpha value is -12.1. The average molecular weight is 1460 g/mol. The number of rotatable bonds is 11. The molecule has 110 heavy (non-hydrogen) atoms. The second-order valence-corrected chi connectivity index (χ2v) is 27.6. The predicted octanol–water partition coefficient (Wildman–Crippen LogP) is 28.1. The third-order valence-corrected chi connectivity index (χ3v) is 21.0. The average Bonchev–Trinajstić information content (AvgIpc) is 0.739. The Balaban J connectivity index is 0.000000149. The molecule has 0 aliphatic heterocycles. The van der Waals surface area contributed by atoms with E-state index in [1.165, 1.54) is 147 Å². The van der Waals surface area contributed by atoms with E-state index in [9.17, 15) is 0 Å². The monoisotopic (exact) mass is 1460 g/mol. The zero-order valence-electron chi connectivity index (χ0n) is 61.1. The molecule has 1 N–H and O–H groups in total. The first kappa shape index (κ1) is 73.4. The molecule has 0 bridgehead atoms. The summed E-state index contributed by atoms with van der Waals surface area (Å²) in [6, 6.07) is 152. The van der Waals surface area contributed by atoms with Gasteiger partial charge in [0.1, 0.15) is 0 Å². The van der Waals surface area contributed by atoms with E-state index in [2.05, 4.69) is 423 Å². The van der Waals surface area contributed by atoms with Crippen LogP contribution in [0.25, 0.3) is 153 Å². The summed E-state index contributed by atoms with van der Waals surface area (Å²) in [5.41, 5.74) is 20.3. The van der Waals surface area contributed by atoms with Crippen LogP contribution in [-0.4, -0.2) is 0 Å². The fourth-order valence-electron chi connectivity index (χ4n) is 15.9. The Morgan fingerprint density at radius 2 is 0.545 bits per heavy atom. The molecule has 2 nitrogen and oxygen atoms in total. The van der Waals surface area contributed by atoms with Crippen molar-refractivity contribution in [2.45, 2.75) is 7.43 Å². The molecule has 0 atom stereocenters. The van der Waals surface area contributed by atoms with Gasteiger partial charge in [0.2, 0.25) is 0 Å². The number of halogens is 2. The van der Waals surface area contributed by atoms with Crippen molar-refractivity contribution in [1.29, 1.82) is 0 Å². The van der Waals surface area contributed by atoms with E-state index in [1.807, 2.05) is 12.1 Å². The number of hydrogen-bond donors (Lipinski definition) is 1. The van der Waals surface area contributed by atoms with Gasteiger partial charge in [-0.3, -0.25) is 4.70 Å². The molecular weight excluding hydrogens is 1380 g/mol. The van der Waals surface area contributed by atoms with Crippen LogP contribution in [0.15, 0.2) is 425 Å². The van der Waals surface area contributed by atoms with Gasteiger partial charge in [0, 0.05) is 38.5 Å². The van der Waals surface area contributed by atoms with Crippen LogP contribution >= 0.6 is 11.6 Å². The van der Waals surface area contributed by atoms with Crippen molar-refractivity contribution >= 4 is 126 Å². The summed E-state index contributed by atoms with van der Waals surface area (Å²) in [5, 5.41) is 24.4. The predicted molar refractivity (Wildman–Crippen MR) is 472 cm³/mol. The van der Waals surface area contributed by atoms with E-state index in [0.717, 1.165) is 39.0 Å². The topological polar surface area (TPSA) is 15.3 Å². The van der Waals surface area contributed by atoms with Gasteiger partial charge in [0.15, 0.2) is 0 Å². The molecule has 0 aliphatic carbocycles. The maximum Gasteiger partial charge on any atom is 1.00 e. The van der Waals surface area contributed by atoms with Crippen molar-refractivity contribution in [3.8, 4) is 66.8 Å². The molecule has 0 fully saturated rings. The van der Waals surface area contributed by atoms with Crippen molar-refractivity contribution < 1.29 is 57.5 Å². The molecule has 5 heteroatoms. The van der Waals surface area contributed by atoms with Crippen molar-refractivity contribution in [2.75, 3.05) is 10.2 Å². The third-order valence-electron chi connectivity index (χ3n) is 20.8. The van der Waals surface area contributed by atoms with E-state index >= 15 is 0 Å². The fourth-order valence-corrected chi connectivity index (χ4v) is 16.1. The molecule has 0 amide bonds. The molecule has 0 aromatic heterocycles. The zero-order valence-corrected chi connectivity index (χ0v) is 64.0. The fraction of sp³-hybridized carbons (Fsp3) is 0.00952. The molecule has 20 aromatic rings. The van der Waals surface area contributed by atoms with Crippen LogP contribution in [0.4, 0.5) is 33.1 Å². The van der Waals surface area contributed by atoms with Gasteiger partial charge in [0.25, 0.3) is 0 Å². The maximum atomic E-state index is 6.36. The van der Waals surface area contributed by atoms with Crippen LogP contribution in [0.3, 0.4) is 0 Å². The first-order chi connectivity index (χ1) is 53.0. The van der Waals surface area contributed by atoms with Gasteiger partial charge in [-0.05, 0) is 203 Å². The van der Waals surface area contributed by atoms with Crippen LogP contribution in [0, 0.1) is 0 Å². The smallest absolute Gasteiger partial charge is 1.00 e. The molecule has 0 saturated carbocycles. The van der Waals surface area contributed by atoms with Gasteiger partial charge < -0.3 is 11.6 Å². The van der Waals surface area contributed by atoms with Crippen molar-refractivity contribution in [3.05, 3.63) is 430 Å². The van der Waals surface area contributed by atoms with E-state index in [1.54, 1.807) is 0 Å². The number of anilines is 5. The number of nitrogens with zero attached hydrogens (tertiary/aromatic N) is 1. The SMILES string of the molecule is C.Clc1cccc(-c2c(-c3ccccc3)c3ccccc3c3ccccc23)c1.F.[H-].[K+].c1ccc(-c2c(-c3cccc(N(c4ccc(-c5cccc6ccccc56)cc4)c4cccc5ccccc45)c3)c3ccccc3c3ccccc23)cc1.c1ccc2c(Nc3ccc(-c4cccc5ccccc45)cc3)cccc2c1. The maximum absolute atomic E-state index is 6.36. The van der Waals surface area contributed by atoms with Gasteiger partial charge in [-0.15, -0.1) is 0 Å². The normalized spacial score (nSPS) is 10.9. The van der Waals surface area contributed by atoms with Crippen molar-refractivity contribution in [3.63, 3.8) is 0 Å². The summed E-state index contributed by atoms with van der Waals surface area (Å²) in [4.78, 5) is 2.42. The molecule has 522 valence electrons. The molecule has 0 saturated heterocycles. The van der Waals surface area contributed by atoms with Gasteiger partial charge in [-0.25, -0.2) is 0 Å². The summed E-state index contributed by atoms with van der Waals surface area (Å²) in [6.07, 6.45) is 0. The summed E-state index contributed by atoms with van der Waals surface area (Å²) in [5.74, 6) is 0. The molecule has 20 aromatic carbocycles. The minimum Gasteiger partial charge on any atom is -1.00 e. The first-order valence-electron chi connectivity index (χ1n) is 36.6. The number of benzene rings is 20. The molecule has 20 rings (SSSR count). The summed E-state index contributed by atoms with van der Waals surface area (Å²) < 4.78 is 0. The Labute approximate surface area is 691 Å². The van der Waals surface area contributed by atoms with Gasteiger partial charge in [0.05, 0.1) is 5.69 Å². The Bertz CT molecular complexity index is 6670.